The molecule has 3 nitrogen and oxygen atoms in total. The molecule has 4 heteroatoms. The van der Waals surface area contributed by atoms with Gasteiger partial charge in [0.25, 0.3) is 0 Å². The first kappa shape index (κ1) is 30.0. The minimum Gasteiger partial charge on any atom is -0.337 e. The van der Waals surface area contributed by atoms with E-state index < -0.39 is 0 Å². The van der Waals surface area contributed by atoms with Gasteiger partial charge in [0.1, 0.15) is 0 Å². The Hall–Kier alpha value is -6.62. The zero-order valence-corrected chi connectivity index (χ0v) is 29.7. The summed E-state index contributed by atoms with van der Waals surface area (Å²) in [5.41, 5.74) is 10.8. The van der Waals surface area contributed by atoms with Crippen LogP contribution in [0.25, 0.3) is 75.2 Å². The van der Waals surface area contributed by atoms with Crippen LogP contribution < -0.4 is 4.90 Å². The summed E-state index contributed by atoms with van der Waals surface area (Å²) in [5.74, 6) is 0. The Morgan fingerprint density at radius 2 is 0.830 bits per heavy atom. The van der Waals surface area contributed by atoms with E-state index in [1.165, 1.54) is 80.7 Å². The lowest BCUT2D eigenvalue weighted by Gasteiger charge is -2.26. The third kappa shape index (κ3) is 4.80. The fourth-order valence-corrected chi connectivity index (χ4v) is 9.52. The molecule has 11 aromatic rings. The number of thiophene rings is 1. The number of aromatic nitrogens is 2. The van der Waals surface area contributed by atoms with Crippen LogP contribution in [-0.2, 0) is 6.54 Å². The highest BCUT2D eigenvalue weighted by molar-refractivity contribution is 7.25. The van der Waals surface area contributed by atoms with Gasteiger partial charge in [-0.25, -0.2) is 0 Å². The molecule has 0 unspecified atom stereocenters. The standard InChI is InChI=1S/C49H33N3S/c1-3-13-34(14-4-1)51-44-20-10-7-17-38(44)42-30-36(24-27-46(42)51)50(32-33-23-26-41-40-19-9-12-22-48(40)53-49(41)29-33)37-25-28-47-43(31-37)39-18-8-11-21-45(39)52(47)35-15-5-2-6-16-35/h1-31H,32H2. The highest BCUT2D eigenvalue weighted by atomic mass is 32.1. The lowest BCUT2D eigenvalue weighted by Crippen LogP contribution is -2.16. The normalized spacial score (nSPS) is 11.8. The molecule has 0 N–H and O–H groups in total. The summed E-state index contributed by atoms with van der Waals surface area (Å²) >= 11 is 1.88. The Morgan fingerprint density at radius 3 is 1.42 bits per heavy atom. The first-order valence-electron chi connectivity index (χ1n) is 18.1. The highest BCUT2D eigenvalue weighted by Gasteiger charge is 2.19. The molecule has 0 saturated heterocycles. The van der Waals surface area contributed by atoms with Crippen molar-refractivity contribution in [2.24, 2.45) is 0 Å². The van der Waals surface area contributed by atoms with Crippen LogP contribution in [0.4, 0.5) is 11.4 Å². The summed E-state index contributed by atoms with van der Waals surface area (Å²) in [4.78, 5) is 2.50. The molecule has 250 valence electrons. The van der Waals surface area contributed by atoms with Gasteiger partial charge in [0.05, 0.1) is 22.1 Å². The van der Waals surface area contributed by atoms with E-state index in [0.29, 0.717) is 0 Å². The summed E-state index contributed by atoms with van der Waals surface area (Å²) in [5, 5.41) is 7.65. The molecule has 3 heterocycles. The van der Waals surface area contributed by atoms with Crippen molar-refractivity contribution in [3.8, 4) is 11.4 Å². The maximum absolute atomic E-state index is 2.50. The van der Waals surface area contributed by atoms with E-state index in [1.54, 1.807) is 0 Å². The van der Waals surface area contributed by atoms with Crippen LogP contribution in [0, 0.1) is 0 Å². The first-order chi connectivity index (χ1) is 26.3. The largest absolute Gasteiger partial charge is 0.337 e. The second-order valence-corrected chi connectivity index (χ2v) is 14.9. The minimum absolute atomic E-state index is 0.732. The predicted octanol–water partition coefficient (Wildman–Crippen LogP) is 13.6. The number of anilines is 2. The van der Waals surface area contributed by atoms with Gasteiger partial charge >= 0.3 is 0 Å². The molecule has 11 rings (SSSR count). The fourth-order valence-electron chi connectivity index (χ4n) is 8.35. The van der Waals surface area contributed by atoms with Crippen LogP contribution in [0.2, 0.25) is 0 Å². The minimum atomic E-state index is 0.732. The topological polar surface area (TPSA) is 13.1 Å². The average Bonchev–Trinajstić information content (AvgIpc) is 3.87. The van der Waals surface area contributed by atoms with E-state index in [9.17, 15) is 0 Å². The van der Waals surface area contributed by atoms with Crippen molar-refractivity contribution in [2.45, 2.75) is 6.54 Å². The first-order valence-corrected chi connectivity index (χ1v) is 19.0. The smallest absolute Gasteiger partial charge is 0.0542 e. The molecule has 0 amide bonds. The van der Waals surface area contributed by atoms with E-state index in [2.05, 4.69) is 202 Å². The number of hydrogen-bond donors (Lipinski definition) is 0. The van der Waals surface area contributed by atoms with Crippen molar-refractivity contribution in [3.05, 3.63) is 194 Å². The van der Waals surface area contributed by atoms with E-state index in [1.807, 2.05) is 11.3 Å². The van der Waals surface area contributed by atoms with Crippen molar-refractivity contribution in [3.63, 3.8) is 0 Å². The second kappa shape index (κ2) is 12.0. The van der Waals surface area contributed by atoms with E-state index in [-0.39, 0.29) is 0 Å². The van der Waals surface area contributed by atoms with Crippen molar-refractivity contribution in [1.29, 1.82) is 0 Å². The zero-order valence-electron chi connectivity index (χ0n) is 28.9. The fraction of sp³-hybridized carbons (Fsp3) is 0.0204. The summed E-state index contributed by atoms with van der Waals surface area (Å²) in [7, 11) is 0. The van der Waals surface area contributed by atoms with Gasteiger partial charge in [-0.1, -0.05) is 103 Å². The zero-order chi connectivity index (χ0) is 34.9. The summed E-state index contributed by atoms with van der Waals surface area (Å²) in [6.07, 6.45) is 0. The molecular formula is C49H33N3S. The van der Waals surface area contributed by atoms with Crippen LogP contribution in [0.5, 0.6) is 0 Å². The Bertz CT molecular complexity index is 2990. The third-order valence-electron chi connectivity index (χ3n) is 10.7. The predicted molar refractivity (Wildman–Crippen MR) is 227 cm³/mol. The summed E-state index contributed by atoms with van der Waals surface area (Å²) in [6.45, 7) is 0.732. The van der Waals surface area contributed by atoms with E-state index in [0.717, 1.165) is 17.9 Å². The lowest BCUT2D eigenvalue weighted by atomic mass is 10.1. The molecule has 0 aliphatic heterocycles. The summed E-state index contributed by atoms with van der Waals surface area (Å²) in [6, 6.07) is 68.7. The number of rotatable bonds is 6. The molecule has 0 spiro atoms. The van der Waals surface area contributed by atoms with Crippen molar-refractivity contribution >= 4 is 86.5 Å². The molecule has 8 aromatic carbocycles. The number of nitrogens with zero attached hydrogens (tertiary/aromatic N) is 3. The van der Waals surface area contributed by atoms with Gasteiger partial charge in [-0.15, -0.1) is 11.3 Å². The average molecular weight is 696 g/mol. The van der Waals surface area contributed by atoms with Crippen molar-refractivity contribution in [1.82, 2.24) is 9.13 Å². The van der Waals surface area contributed by atoms with Crippen molar-refractivity contribution < 1.29 is 0 Å². The molecular weight excluding hydrogens is 663 g/mol. The number of benzene rings is 8. The Kier molecular flexibility index (Phi) is 6.79. The Morgan fingerprint density at radius 1 is 0.358 bits per heavy atom. The molecule has 0 saturated carbocycles. The van der Waals surface area contributed by atoms with Gasteiger partial charge in [-0.05, 0) is 90.5 Å². The second-order valence-electron chi connectivity index (χ2n) is 13.8. The van der Waals surface area contributed by atoms with E-state index >= 15 is 0 Å². The van der Waals surface area contributed by atoms with Gasteiger partial charge in [0.2, 0.25) is 0 Å². The quantitative estimate of drug-likeness (QED) is 0.169. The number of para-hydroxylation sites is 4. The van der Waals surface area contributed by atoms with Gasteiger partial charge in [0, 0.05) is 71.0 Å². The van der Waals surface area contributed by atoms with Gasteiger partial charge in [0.15, 0.2) is 0 Å². The van der Waals surface area contributed by atoms with Crippen LogP contribution in [0.1, 0.15) is 5.56 Å². The summed E-state index contributed by atoms with van der Waals surface area (Å²) < 4.78 is 7.43. The molecule has 0 aliphatic carbocycles. The maximum atomic E-state index is 2.50. The van der Waals surface area contributed by atoms with Crippen LogP contribution >= 0.6 is 11.3 Å². The van der Waals surface area contributed by atoms with Crippen LogP contribution in [0.3, 0.4) is 0 Å². The van der Waals surface area contributed by atoms with Crippen molar-refractivity contribution in [2.75, 3.05) is 4.90 Å². The molecule has 3 aromatic heterocycles. The van der Waals surface area contributed by atoms with Gasteiger partial charge in [-0.3, -0.25) is 0 Å². The van der Waals surface area contributed by atoms with E-state index in [4.69, 9.17) is 0 Å². The lowest BCUT2D eigenvalue weighted by molar-refractivity contribution is 0.980. The Balaban J connectivity index is 1.12. The Labute approximate surface area is 310 Å². The molecule has 0 aliphatic rings. The number of fused-ring (bicyclic) bond motifs is 9. The maximum Gasteiger partial charge on any atom is 0.0542 e. The monoisotopic (exact) mass is 695 g/mol. The van der Waals surface area contributed by atoms with Gasteiger partial charge in [-0.2, -0.15) is 0 Å². The molecule has 0 fully saturated rings. The van der Waals surface area contributed by atoms with Crippen LogP contribution in [-0.4, -0.2) is 9.13 Å². The third-order valence-corrected chi connectivity index (χ3v) is 11.9. The highest BCUT2D eigenvalue weighted by Crippen LogP contribution is 2.41. The van der Waals surface area contributed by atoms with Gasteiger partial charge < -0.3 is 14.0 Å². The molecule has 53 heavy (non-hydrogen) atoms. The molecule has 0 atom stereocenters. The SMILES string of the molecule is c1ccc(-n2c3ccccc3c3cc(N(Cc4ccc5c(c4)sc4ccccc45)c4ccc5c(c4)c4ccccc4n5-c4ccccc4)ccc32)cc1. The molecule has 0 radical (unpaired) electrons. The van der Waals surface area contributed by atoms with Crippen LogP contribution in [0.15, 0.2) is 188 Å². The number of hydrogen-bond acceptors (Lipinski definition) is 2. The molecule has 0 bridgehead atoms.